The molecule has 3 rings (SSSR count). The maximum atomic E-state index is 12.1. The van der Waals surface area contributed by atoms with Gasteiger partial charge in [0.15, 0.2) is 17.4 Å². The molecule has 1 saturated heterocycles. The van der Waals surface area contributed by atoms with E-state index in [2.05, 4.69) is 27.6 Å². The highest BCUT2D eigenvalue weighted by atomic mass is 32.1. The third kappa shape index (κ3) is 3.14. The minimum Gasteiger partial charge on any atom is -0.387 e. The fourth-order valence-electron chi connectivity index (χ4n) is 3.07. The number of aliphatic hydroxyl groups excluding tert-OH is 1. The smallest absolute Gasteiger partial charge is 0.280 e. The first-order valence-electron chi connectivity index (χ1n) is 8.34. The third-order valence-electron chi connectivity index (χ3n) is 4.22. The van der Waals surface area contributed by atoms with Crippen molar-refractivity contribution in [1.82, 2.24) is 19.5 Å². The van der Waals surface area contributed by atoms with Gasteiger partial charge in [-0.05, 0) is 6.42 Å². The Morgan fingerprint density at radius 1 is 1.44 bits per heavy atom. The summed E-state index contributed by atoms with van der Waals surface area (Å²) in [5, 5.41) is 10.5. The number of thiol groups is 1. The molecule has 0 unspecified atom stereocenters. The lowest BCUT2D eigenvalue weighted by Crippen LogP contribution is -2.35. The maximum Gasteiger partial charge on any atom is 0.280 e. The van der Waals surface area contributed by atoms with Crippen LogP contribution in [0, 0.1) is 0 Å². The van der Waals surface area contributed by atoms with E-state index < -0.39 is 30.1 Å². The standard InChI is InChI=1S/C15H23N5O4S/c1-3-5-23-11-10(21)7(6-25)24-14(11)20-8(4-2)17-9-12(20)18-15(16)19-13(9)22/h7,10-11,14,21,25H,3-6H2,1-2H3,(H3,16,18,19,22)/t7-,10-,11-,14-/m1/s1. The van der Waals surface area contributed by atoms with Crippen LogP contribution in [0.25, 0.3) is 11.2 Å². The van der Waals surface area contributed by atoms with E-state index in [0.29, 0.717) is 30.3 Å². The number of aliphatic hydroxyl groups is 1. The molecule has 0 amide bonds. The number of nitrogen functional groups attached to an aromatic ring is 1. The number of nitrogens with two attached hydrogens (primary N) is 1. The minimum absolute atomic E-state index is 0.00313. The van der Waals surface area contributed by atoms with Crippen LogP contribution in [0.1, 0.15) is 32.3 Å². The molecule has 9 nitrogen and oxygen atoms in total. The normalized spacial score (nSPS) is 26.6. The maximum absolute atomic E-state index is 12.1. The van der Waals surface area contributed by atoms with Crippen molar-refractivity contribution < 1.29 is 14.6 Å². The summed E-state index contributed by atoms with van der Waals surface area (Å²) in [6.07, 6.45) is -1.24. The number of hydrogen-bond acceptors (Lipinski definition) is 8. The van der Waals surface area contributed by atoms with Gasteiger partial charge in [0.25, 0.3) is 5.56 Å². The van der Waals surface area contributed by atoms with E-state index in [-0.39, 0.29) is 11.5 Å². The van der Waals surface area contributed by atoms with Crippen LogP contribution >= 0.6 is 12.6 Å². The topological polar surface area (TPSA) is 128 Å². The predicted molar refractivity (Wildman–Crippen MR) is 95.7 cm³/mol. The van der Waals surface area contributed by atoms with Gasteiger partial charge in [-0.15, -0.1) is 0 Å². The molecule has 4 N–H and O–H groups in total. The Labute approximate surface area is 150 Å². The van der Waals surface area contributed by atoms with Crippen molar-refractivity contribution in [2.75, 3.05) is 18.1 Å². The highest BCUT2D eigenvalue weighted by molar-refractivity contribution is 7.80. The Balaban J connectivity index is 2.14. The van der Waals surface area contributed by atoms with Crippen molar-refractivity contribution in [2.45, 2.75) is 51.2 Å². The second-order valence-corrected chi connectivity index (χ2v) is 6.31. The van der Waals surface area contributed by atoms with Crippen molar-refractivity contribution in [2.24, 2.45) is 0 Å². The van der Waals surface area contributed by atoms with Gasteiger partial charge in [0.05, 0.1) is 6.10 Å². The number of rotatable bonds is 6. The highest BCUT2D eigenvalue weighted by Gasteiger charge is 2.46. The van der Waals surface area contributed by atoms with E-state index in [1.807, 2.05) is 13.8 Å². The fraction of sp³-hybridized carbons (Fsp3) is 0.667. The molecular weight excluding hydrogens is 346 g/mol. The van der Waals surface area contributed by atoms with E-state index in [0.717, 1.165) is 6.42 Å². The van der Waals surface area contributed by atoms with Crippen molar-refractivity contribution in [3.05, 3.63) is 16.2 Å². The van der Waals surface area contributed by atoms with Crippen LogP contribution in [-0.4, -0.2) is 55.3 Å². The second-order valence-electron chi connectivity index (χ2n) is 5.95. The van der Waals surface area contributed by atoms with Gasteiger partial charge in [-0.1, -0.05) is 13.8 Å². The number of aromatic nitrogens is 4. The van der Waals surface area contributed by atoms with Crippen molar-refractivity contribution in [3.63, 3.8) is 0 Å². The summed E-state index contributed by atoms with van der Waals surface area (Å²) < 4.78 is 13.5. The number of anilines is 1. The van der Waals surface area contributed by atoms with E-state index in [4.69, 9.17) is 15.2 Å². The average molecular weight is 369 g/mol. The summed E-state index contributed by atoms with van der Waals surface area (Å²) in [5.41, 5.74) is 5.79. The zero-order chi connectivity index (χ0) is 18.1. The molecule has 10 heteroatoms. The van der Waals surface area contributed by atoms with Gasteiger partial charge in [0.2, 0.25) is 5.95 Å². The van der Waals surface area contributed by atoms with Crippen LogP contribution in [0.4, 0.5) is 5.95 Å². The predicted octanol–water partition coefficient (Wildman–Crippen LogP) is 0.247. The van der Waals surface area contributed by atoms with Crippen LogP contribution in [0.5, 0.6) is 0 Å². The average Bonchev–Trinajstić information content (AvgIpc) is 3.10. The second kappa shape index (κ2) is 7.32. The van der Waals surface area contributed by atoms with Crippen molar-refractivity contribution in [1.29, 1.82) is 0 Å². The lowest BCUT2D eigenvalue weighted by Gasteiger charge is -2.23. The number of nitrogens with one attached hydrogen (secondary N) is 1. The molecule has 2 aromatic rings. The van der Waals surface area contributed by atoms with Gasteiger partial charge in [0.1, 0.15) is 18.0 Å². The Hall–Kier alpha value is -1.62. The molecule has 1 fully saturated rings. The molecule has 0 aromatic carbocycles. The van der Waals surface area contributed by atoms with Gasteiger partial charge >= 0.3 is 0 Å². The molecular formula is C15H23N5O4S. The molecule has 1 aliphatic rings. The number of aromatic amines is 1. The van der Waals surface area contributed by atoms with Crippen LogP contribution in [0.15, 0.2) is 4.79 Å². The van der Waals surface area contributed by atoms with Crippen LogP contribution in [0.3, 0.4) is 0 Å². The molecule has 1 aliphatic heterocycles. The third-order valence-corrected chi connectivity index (χ3v) is 4.58. The zero-order valence-corrected chi connectivity index (χ0v) is 15.1. The SMILES string of the molecule is CCCO[C@@H]1[C@H](O)[C@@H](CS)O[C@H]1n1c(CC)nc2c(=O)[nH]c(N)nc21. The first-order valence-corrected chi connectivity index (χ1v) is 8.97. The molecule has 138 valence electrons. The molecule has 0 aliphatic carbocycles. The zero-order valence-electron chi connectivity index (χ0n) is 14.2. The first-order chi connectivity index (χ1) is 12.0. The summed E-state index contributed by atoms with van der Waals surface area (Å²) in [6, 6.07) is 0. The number of ether oxygens (including phenoxy) is 2. The lowest BCUT2D eigenvalue weighted by molar-refractivity contribution is -0.0665. The highest BCUT2D eigenvalue weighted by Crippen LogP contribution is 2.35. The molecule has 0 spiro atoms. The Morgan fingerprint density at radius 3 is 2.84 bits per heavy atom. The summed E-state index contributed by atoms with van der Waals surface area (Å²) in [6.45, 7) is 4.38. The largest absolute Gasteiger partial charge is 0.387 e. The van der Waals surface area contributed by atoms with E-state index in [9.17, 15) is 9.90 Å². The number of fused-ring (bicyclic) bond motifs is 1. The van der Waals surface area contributed by atoms with Crippen LogP contribution in [-0.2, 0) is 15.9 Å². The summed E-state index contributed by atoms with van der Waals surface area (Å²) in [4.78, 5) is 23.2. The quantitative estimate of drug-likeness (QED) is 0.537. The lowest BCUT2D eigenvalue weighted by atomic mass is 10.1. The summed E-state index contributed by atoms with van der Waals surface area (Å²) in [7, 11) is 0. The number of imidazole rings is 1. The van der Waals surface area contributed by atoms with Gasteiger partial charge < -0.3 is 20.3 Å². The van der Waals surface area contributed by atoms with Crippen molar-refractivity contribution in [3.8, 4) is 0 Å². The Morgan fingerprint density at radius 2 is 2.20 bits per heavy atom. The molecule has 0 saturated carbocycles. The Kier molecular flexibility index (Phi) is 5.32. The Bertz CT molecular complexity index is 807. The monoisotopic (exact) mass is 369 g/mol. The number of nitrogens with zero attached hydrogens (tertiary/aromatic N) is 3. The van der Waals surface area contributed by atoms with Gasteiger partial charge in [0, 0.05) is 18.8 Å². The van der Waals surface area contributed by atoms with E-state index >= 15 is 0 Å². The van der Waals surface area contributed by atoms with Crippen LogP contribution < -0.4 is 11.3 Å². The van der Waals surface area contributed by atoms with Crippen molar-refractivity contribution >= 4 is 29.7 Å². The fourth-order valence-corrected chi connectivity index (χ4v) is 3.38. The van der Waals surface area contributed by atoms with E-state index in [1.54, 1.807) is 4.57 Å². The number of aryl methyl sites for hydroxylation is 1. The van der Waals surface area contributed by atoms with Crippen LogP contribution in [0.2, 0.25) is 0 Å². The van der Waals surface area contributed by atoms with Gasteiger partial charge in [-0.2, -0.15) is 17.6 Å². The molecule has 25 heavy (non-hydrogen) atoms. The molecule has 4 atom stereocenters. The first kappa shape index (κ1) is 18.2. The molecule has 0 bridgehead atoms. The summed E-state index contributed by atoms with van der Waals surface area (Å²) >= 11 is 4.24. The van der Waals surface area contributed by atoms with E-state index in [1.165, 1.54) is 0 Å². The van der Waals surface area contributed by atoms with Gasteiger partial charge in [-0.3, -0.25) is 14.3 Å². The summed E-state index contributed by atoms with van der Waals surface area (Å²) in [5.74, 6) is 0.950. The molecule has 2 aromatic heterocycles. The minimum atomic E-state index is -0.837. The molecule has 3 heterocycles. The number of H-pyrrole nitrogens is 1. The van der Waals surface area contributed by atoms with Gasteiger partial charge in [-0.25, -0.2) is 4.98 Å². The molecule has 0 radical (unpaired) electrons. The number of hydrogen-bond donors (Lipinski definition) is 4.